The van der Waals surface area contributed by atoms with E-state index < -0.39 is 0 Å². The lowest BCUT2D eigenvalue weighted by Crippen LogP contribution is -2.50. The van der Waals surface area contributed by atoms with Crippen LogP contribution in [0.15, 0.2) is 0 Å². The topological polar surface area (TPSA) is 55.1 Å². The van der Waals surface area contributed by atoms with E-state index in [9.17, 15) is 4.79 Å². The molecule has 0 aromatic carbocycles. The van der Waals surface area contributed by atoms with Crippen molar-refractivity contribution >= 4 is 5.91 Å². The molecule has 1 saturated carbocycles. The van der Waals surface area contributed by atoms with Gasteiger partial charge in [0.05, 0.1) is 5.92 Å². The molecule has 0 spiro atoms. The highest BCUT2D eigenvalue weighted by Crippen LogP contribution is 2.29. The van der Waals surface area contributed by atoms with E-state index in [2.05, 4.69) is 33.0 Å². The minimum absolute atomic E-state index is 0.00921. The van der Waals surface area contributed by atoms with Crippen LogP contribution in [0.2, 0.25) is 0 Å². The van der Waals surface area contributed by atoms with Crippen LogP contribution in [0.25, 0.3) is 0 Å². The first-order valence-electron chi connectivity index (χ1n) is 6.49. The Balaban J connectivity index is 2.57. The second-order valence-corrected chi connectivity index (χ2v) is 5.64. The van der Waals surface area contributed by atoms with Gasteiger partial charge in [0.1, 0.15) is 0 Å². The first kappa shape index (κ1) is 13.5. The third-order valence-electron chi connectivity index (χ3n) is 3.94. The normalized spacial score (nSPS) is 32.5. The van der Waals surface area contributed by atoms with Crippen LogP contribution in [0.3, 0.4) is 0 Å². The molecule has 1 amide bonds. The molecule has 4 atom stereocenters. The van der Waals surface area contributed by atoms with Crippen molar-refractivity contribution in [2.24, 2.45) is 23.5 Å². The Morgan fingerprint density at radius 2 is 1.94 bits per heavy atom. The van der Waals surface area contributed by atoms with Gasteiger partial charge >= 0.3 is 0 Å². The summed E-state index contributed by atoms with van der Waals surface area (Å²) in [6.45, 7) is 8.44. The molecule has 0 aromatic heterocycles. The first-order valence-corrected chi connectivity index (χ1v) is 6.49. The number of hydrogen-bond donors (Lipinski definition) is 2. The van der Waals surface area contributed by atoms with E-state index in [-0.39, 0.29) is 23.9 Å². The smallest absolute Gasteiger partial charge is 0.225 e. The largest absolute Gasteiger partial charge is 0.353 e. The molecule has 1 aliphatic carbocycles. The van der Waals surface area contributed by atoms with Crippen LogP contribution in [0.1, 0.15) is 47.0 Å². The molecule has 0 saturated heterocycles. The lowest BCUT2D eigenvalue weighted by Gasteiger charge is -2.34. The van der Waals surface area contributed by atoms with Crippen molar-refractivity contribution in [3.8, 4) is 0 Å². The fourth-order valence-corrected chi connectivity index (χ4v) is 2.40. The van der Waals surface area contributed by atoms with Gasteiger partial charge in [0.25, 0.3) is 0 Å². The molecule has 1 fully saturated rings. The molecular weight excluding hydrogens is 200 g/mol. The van der Waals surface area contributed by atoms with Crippen LogP contribution in [-0.2, 0) is 4.79 Å². The Labute approximate surface area is 99.2 Å². The standard InChI is InChI=1S/C13H26N2O/c1-8(2)10(4)15-13(16)12-9(3)6-5-7-11(12)14/h8-12H,5-7,14H2,1-4H3,(H,15,16). The lowest BCUT2D eigenvalue weighted by molar-refractivity contribution is -0.129. The highest BCUT2D eigenvalue weighted by molar-refractivity contribution is 5.80. The molecule has 0 bridgehead atoms. The second kappa shape index (κ2) is 5.67. The van der Waals surface area contributed by atoms with E-state index in [4.69, 9.17) is 5.73 Å². The monoisotopic (exact) mass is 226 g/mol. The zero-order valence-corrected chi connectivity index (χ0v) is 11.0. The maximum Gasteiger partial charge on any atom is 0.225 e. The molecule has 1 rings (SSSR count). The summed E-state index contributed by atoms with van der Waals surface area (Å²) < 4.78 is 0. The average molecular weight is 226 g/mol. The van der Waals surface area contributed by atoms with Crippen LogP contribution < -0.4 is 11.1 Å². The number of carbonyl (C=O) groups excluding carboxylic acids is 1. The Morgan fingerprint density at radius 3 is 2.44 bits per heavy atom. The van der Waals surface area contributed by atoms with Gasteiger partial charge in [0.15, 0.2) is 0 Å². The Bertz CT molecular complexity index is 230. The highest BCUT2D eigenvalue weighted by Gasteiger charge is 2.34. The molecule has 94 valence electrons. The molecule has 1 aliphatic rings. The molecule has 3 N–H and O–H groups in total. The first-order chi connectivity index (χ1) is 7.43. The molecule has 4 unspecified atom stereocenters. The summed E-state index contributed by atoms with van der Waals surface area (Å²) in [4.78, 5) is 12.1. The fourth-order valence-electron chi connectivity index (χ4n) is 2.40. The SMILES string of the molecule is CC(C)C(C)NC(=O)C1C(C)CCCC1N. The quantitative estimate of drug-likeness (QED) is 0.772. The van der Waals surface area contributed by atoms with E-state index in [1.165, 1.54) is 0 Å². The summed E-state index contributed by atoms with van der Waals surface area (Å²) >= 11 is 0. The third-order valence-corrected chi connectivity index (χ3v) is 3.94. The molecule has 0 aliphatic heterocycles. The Kier molecular flexibility index (Phi) is 4.78. The van der Waals surface area contributed by atoms with Gasteiger partial charge < -0.3 is 11.1 Å². The van der Waals surface area contributed by atoms with Gasteiger partial charge in [-0.15, -0.1) is 0 Å². The maximum absolute atomic E-state index is 12.1. The molecule has 0 heterocycles. The predicted octanol–water partition coefficient (Wildman–Crippen LogP) is 1.91. The van der Waals surface area contributed by atoms with Crippen LogP contribution in [0.4, 0.5) is 0 Å². The molecule has 16 heavy (non-hydrogen) atoms. The number of hydrogen-bond acceptors (Lipinski definition) is 2. The summed E-state index contributed by atoms with van der Waals surface area (Å²) in [5, 5.41) is 3.09. The third kappa shape index (κ3) is 3.21. The number of amides is 1. The summed E-state index contributed by atoms with van der Waals surface area (Å²) in [5.74, 6) is 1.05. The van der Waals surface area contributed by atoms with Gasteiger partial charge in [0.2, 0.25) is 5.91 Å². The van der Waals surface area contributed by atoms with E-state index in [0.29, 0.717) is 11.8 Å². The van der Waals surface area contributed by atoms with Crippen LogP contribution in [0.5, 0.6) is 0 Å². The highest BCUT2D eigenvalue weighted by atomic mass is 16.2. The van der Waals surface area contributed by atoms with Gasteiger partial charge in [0, 0.05) is 12.1 Å². The summed E-state index contributed by atoms with van der Waals surface area (Å²) in [6.07, 6.45) is 3.27. The molecule has 0 radical (unpaired) electrons. The van der Waals surface area contributed by atoms with E-state index in [1.807, 2.05) is 0 Å². The van der Waals surface area contributed by atoms with Crippen molar-refractivity contribution in [1.29, 1.82) is 0 Å². The zero-order chi connectivity index (χ0) is 12.3. The van der Waals surface area contributed by atoms with Crippen molar-refractivity contribution in [3.05, 3.63) is 0 Å². The lowest BCUT2D eigenvalue weighted by atomic mass is 9.76. The number of nitrogens with one attached hydrogen (secondary N) is 1. The van der Waals surface area contributed by atoms with Gasteiger partial charge in [-0.05, 0) is 31.6 Å². The zero-order valence-electron chi connectivity index (χ0n) is 11.0. The van der Waals surface area contributed by atoms with Crippen molar-refractivity contribution in [2.45, 2.75) is 59.0 Å². The van der Waals surface area contributed by atoms with Gasteiger partial charge in [-0.2, -0.15) is 0 Å². The fraction of sp³-hybridized carbons (Fsp3) is 0.923. The van der Waals surface area contributed by atoms with Gasteiger partial charge in [-0.3, -0.25) is 4.79 Å². The van der Waals surface area contributed by atoms with Crippen molar-refractivity contribution in [2.75, 3.05) is 0 Å². The Hall–Kier alpha value is -0.570. The predicted molar refractivity (Wildman–Crippen MR) is 66.9 cm³/mol. The Morgan fingerprint density at radius 1 is 1.31 bits per heavy atom. The van der Waals surface area contributed by atoms with Crippen LogP contribution in [-0.4, -0.2) is 18.0 Å². The van der Waals surface area contributed by atoms with E-state index in [1.54, 1.807) is 0 Å². The van der Waals surface area contributed by atoms with Crippen molar-refractivity contribution in [1.82, 2.24) is 5.32 Å². The average Bonchev–Trinajstić information content (AvgIpc) is 2.16. The minimum Gasteiger partial charge on any atom is -0.353 e. The van der Waals surface area contributed by atoms with Gasteiger partial charge in [-0.1, -0.05) is 27.2 Å². The summed E-state index contributed by atoms with van der Waals surface area (Å²) in [6, 6.07) is 0.275. The van der Waals surface area contributed by atoms with Crippen LogP contribution in [0, 0.1) is 17.8 Å². The van der Waals surface area contributed by atoms with Crippen LogP contribution >= 0.6 is 0 Å². The van der Waals surface area contributed by atoms with E-state index in [0.717, 1.165) is 19.3 Å². The second-order valence-electron chi connectivity index (χ2n) is 5.64. The molecule has 3 heteroatoms. The summed E-state index contributed by atoms with van der Waals surface area (Å²) in [7, 11) is 0. The maximum atomic E-state index is 12.1. The molecule has 0 aromatic rings. The number of nitrogens with two attached hydrogens (primary N) is 1. The number of rotatable bonds is 3. The summed E-state index contributed by atoms with van der Waals surface area (Å²) in [5.41, 5.74) is 6.06. The molecular formula is C13H26N2O. The number of carbonyl (C=O) groups is 1. The van der Waals surface area contributed by atoms with Crippen molar-refractivity contribution < 1.29 is 4.79 Å². The van der Waals surface area contributed by atoms with E-state index >= 15 is 0 Å². The van der Waals surface area contributed by atoms with Crippen molar-refractivity contribution in [3.63, 3.8) is 0 Å². The minimum atomic E-state index is 0.00921. The van der Waals surface area contributed by atoms with Gasteiger partial charge in [-0.25, -0.2) is 0 Å². The molecule has 3 nitrogen and oxygen atoms in total.